The van der Waals surface area contributed by atoms with E-state index in [1.54, 1.807) is 0 Å². The van der Waals surface area contributed by atoms with Crippen molar-refractivity contribution in [2.24, 2.45) is 11.8 Å². The Kier molecular flexibility index (Phi) is 4.72. The summed E-state index contributed by atoms with van der Waals surface area (Å²) in [6.45, 7) is 1.95. The normalized spacial score (nSPS) is 27.5. The molecule has 2 unspecified atom stereocenters. The Bertz CT molecular complexity index is 465. The molecule has 0 aromatic heterocycles. The molecule has 2 aliphatic carbocycles. The average Bonchev–Trinajstić information content (AvgIpc) is 2.52. The molecule has 1 aromatic rings. The number of rotatable bonds is 3. The number of aromatic hydroxyl groups is 1. The van der Waals surface area contributed by atoms with Gasteiger partial charge in [-0.3, -0.25) is 0 Å². The second kappa shape index (κ2) is 6.72. The first-order valence-corrected chi connectivity index (χ1v) is 8.80. The van der Waals surface area contributed by atoms with Crippen LogP contribution in [0.3, 0.4) is 0 Å². The quantitative estimate of drug-likeness (QED) is 0.795. The SMILES string of the molecule is Cc1ccc(NC2CCCCC2C2CCCCC2)cc1O. The van der Waals surface area contributed by atoms with Crippen molar-refractivity contribution in [3.63, 3.8) is 0 Å². The van der Waals surface area contributed by atoms with Crippen molar-refractivity contribution >= 4 is 5.69 Å². The summed E-state index contributed by atoms with van der Waals surface area (Å²) >= 11 is 0. The minimum Gasteiger partial charge on any atom is -0.508 e. The first-order chi connectivity index (χ1) is 10.2. The lowest BCUT2D eigenvalue weighted by atomic mass is 9.71. The second-order valence-corrected chi connectivity index (χ2v) is 7.10. The zero-order valence-corrected chi connectivity index (χ0v) is 13.3. The van der Waals surface area contributed by atoms with Gasteiger partial charge in [0, 0.05) is 17.8 Å². The molecule has 2 saturated carbocycles. The first-order valence-electron chi connectivity index (χ1n) is 8.80. The molecule has 0 bridgehead atoms. The Labute approximate surface area is 129 Å². The summed E-state index contributed by atoms with van der Waals surface area (Å²) in [4.78, 5) is 0. The molecule has 3 rings (SSSR count). The fourth-order valence-electron chi connectivity index (χ4n) is 4.38. The Morgan fingerprint density at radius 2 is 1.67 bits per heavy atom. The molecule has 2 atom stereocenters. The monoisotopic (exact) mass is 287 g/mol. The van der Waals surface area contributed by atoms with Crippen LogP contribution >= 0.6 is 0 Å². The molecule has 2 N–H and O–H groups in total. The number of aryl methyl sites for hydroxylation is 1. The van der Waals surface area contributed by atoms with Gasteiger partial charge in [-0.1, -0.05) is 51.0 Å². The van der Waals surface area contributed by atoms with E-state index in [-0.39, 0.29) is 0 Å². The standard InChI is InChI=1S/C19H29NO/c1-14-11-12-16(13-19(14)21)20-18-10-6-5-9-17(18)15-7-3-2-4-8-15/h11-13,15,17-18,20-21H,2-10H2,1H3. The van der Waals surface area contributed by atoms with Gasteiger partial charge in [-0.2, -0.15) is 0 Å². The van der Waals surface area contributed by atoms with Crippen molar-refractivity contribution in [3.8, 4) is 5.75 Å². The molecule has 2 heteroatoms. The molecule has 2 fully saturated rings. The summed E-state index contributed by atoms with van der Waals surface area (Å²) < 4.78 is 0. The van der Waals surface area contributed by atoms with Crippen LogP contribution in [0.1, 0.15) is 63.4 Å². The van der Waals surface area contributed by atoms with E-state index in [2.05, 4.69) is 11.4 Å². The zero-order valence-electron chi connectivity index (χ0n) is 13.3. The minimum atomic E-state index is 0.407. The van der Waals surface area contributed by atoms with Crippen LogP contribution in [0.4, 0.5) is 5.69 Å². The van der Waals surface area contributed by atoms with E-state index in [1.807, 2.05) is 19.1 Å². The molecule has 1 aromatic carbocycles. The highest BCUT2D eigenvalue weighted by molar-refractivity contribution is 5.51. The number of phenolic OH excluding ortho intramolecular Hbond substituents is 1. The molecule has 0 saturated heterocycles. The lowest BCUT2D eigenvalue weighted by Crippen LogP contribution is -2.37. The molecule has 0 aliphatic heterocycles. The van der Waals surface area contributed by atoms with Crippen molar-refractivity contribution in [1.82, 2.24) is 0 Å². The molecular formula is C19H29NO. The molecule has 0 amide bonds. The van der Waals surface area contributed by atoms with Gasteiger partial charge in [0.25, 0.3) is 0 Å². The van der Waals surface area contributed by atoms with E-state index in [0.717, 1.165) is 23.1 Å². The van der Waals surface area contributed by atoms with Crippen LogP contribution in [0.5, 0.6) is 5.75 Å². The molecule has 2 aliphatic rings. The second-order valence-electron chi connectivity index (χ2n) is 7.10. The van der Waals surface area contributed by atoms with Crippen LogP contribution in [0.15, 0.2) is 18.2 Å². The first kappa shape index (κ1) is 14.7. The topological polar surface area (TPSA) is 32.3 Å². The zero-order chi connectivity index (χ0) is 14.7. The van der Waals surface area contributed by atoms with Crippen LogP contribution in [-0.4, -0.2) is 11.1 Å². The number of benzene rings is 1. The highest BCUT2D eigenvalue weighted by Gasteiger charge is 2.32. The Balaban J connectivity index is 1.69. The number of phenols is 1. The lowest BCUT2D eigenvalue weighted by molar-refractivity contribution is 0.180. The van der Waals surface area contributed by atoms with Crippen LogP contribution in [0, 0.1) is 18.8 Å². The van der Waals surface area contributed by atoms with E-state index in [9.17, 15) is 5.11 Å². The summed E-state index contributed by atoms with van der Waals surface area (Å²) in [5, 5.41) is 13.6. The number of anilines is 1. The van der Waals surface area contributed by atoms with Crippen LogP contribution < -0.4 is 5.32 Å². The molecule has 0 heterocycles. The maximum Gasteiger partial charge on any atom is 0.120 e. The predicted molar refractivity (Wildman–Crippen MR) is 88.8 cm³/mol. The van der Waals surface area contributed by atoms with Crippen LogP contribution in [-0.2, 0) is 0 Å². The third-order valence-electron chi connectivity index (χ3n) is 5.64. The van der Waals surface area contributed by atoms with Crippen molar-refractivity contribution < 1.29 is 5.11 Å². The van der Waals surface area contributed by atoms with E-state index >= 15 is 0 Å². The van der Waals surface area contributed by atoms with Crippen molar-refractivity contribution in [2.45, 2.75) is 70.8 Å². The Hall–Kier alpha value is -1.18. The molecular weight excluding hydrogens is 258 g/mol. The maximum atomic E-state index is 9.90. The van der Waals surface area contributed by atoms with Gasteiger partial charge in [0.15, 0.2) is 0 Å². The molecule has 0 spiro atoms. The van der Waals surface area contributed by atoms with Crippen LogP contribution in [0.2, 0.25) is 0 Å². The van der Waals surface area contributed by atoms with E-state index in [4.69, 9.17) is 0 Å². The van der Waals surface area contributed by atoms with Gasteiger partial charge in [-0.05, 0) is 43.2 Å². The summed E-state index contributed by atoms with van der Waals surface area (Å²) in [6.07, 6.45) is 12.6. The van der Waals surface area contributed by atoms with Gasteiger partial charge in [0.05, 0.1) is 0 Å². The third kappa shape index (κ3) is 3.53. The van der Waals surface area contributed by atoms with E-state index < -0.39 is 0 Å². The summed E-state index contributed by atoms with van der Waals surface area (Å²) in [5.41, 5.74) is 2.04. The average molecular weight is 287 g/mol. The van der Waals surface area contributed by atoms with Gasteiger partial charge in [-0.15, -0.1) is 0 Å². The minimum absolute atomic E-state index is 0.407. The van der Waals surface area contributed by atoms with Gasteiger partial charge >= 0.3 is 0 Å². The Morgan fingerprint density at radius 3 is 2.43 bits per heavy atom. The number of hydrogen-bond acceptors (Lipinski definition) is 2. The highest BCUT2D eigenvalue weighted by Crippen LogP contribution is 2.39. The smallest absolute Gasteiger partial charge is 0.120 e. The molecule has 21 heavy (non-hydrogen) atoms. The van der Waals surface area contributed by atoms with Gasteiger partial charge < -0.3 is 10.4 Å². The molecule has 0 radical (unpaired) electrons. The predicted octanol–water partition coefficient (Wildman–Crippen LogP) is 5.25. The maximum absolute atomic E-state index is 9.90. The fraction of sp³-hybridized carbons (Fsp3) is 0.684. The van der Waals surface area contributed by atoms with Gasteiger partial charge in [0.2, 0.25) is 0 Å². The molecule has 116 valence electrons. The fourth-order valence-corrected chi connectivity index (χ4v) is 4.38. The van der Waals surface area contributed by atoms with E-state index in [0.29, 0.717) is 11.8 Å². The van der Waals surface area contributed by atoms with E-state index in [1.165, 1.54) is 57.8 Å². The Morgan fingerprint density at radius 1 is 0.952 bits per heavy atom. The van der Waals surface area contributed by atoms with Crippen LogP contribution in [0.25, 0.3) is 0 Å². The molecule has 2 nitrogen and oxygen atoms in total. The van der Waals surface area contributed by atoms with Crippen molar-refractivity contribution in [1.29, 1.82) is 0 Å². The van der Waals surface area contributed by atoms with Gasteiger partial charge in [0.1, 0.15) is 5.75 Å². The number of hydrogen-bond donors (Lipinski definition) is 2. The largest absolute Gasteiger partial charge is 0.508 e. The summed E-state index contributed by atoms with van der Waals surface area (Å²) in [5.74, 6) is 2.17. The van der Waals surface area contributed by atoms with Crippen molar-refractivity contribution in [2.75, 3.05) is 5.32 Å². The summed E-state index contributed by atoms with van der Waals surface area (Å²) in [6, 6.07) is 6.61. The van der Waals surface area contributed by atoms with Gasteiger partial charge in [-0.25, -0.2) is 0 Å². The summed E-state index contributed by atoms with van der Waals surface area (Å²) in [7, 11) is 0. The van der Waals surface area contributed by atoms with Crippen molar-refractivity contribution in [3.05, 3.63) is 23.8 Å². The lowest BCUT2D eigenvalue weighted by Gasteiger charge is -2.40. The highest BCUT2D eigenvalue weighted by atomic mass is 16.3. The third-order valence-corrected chi connectivity index (χ3v) is 5.64. The number of nitrogens with one attached hydrogen (secondary N) is 1.